The molecule has 0 aliphatic carbocycles. The summed E-state index contributed by atoms with van der Waals surface area (Å²) in [6.07, 6.45) is 1.80. The Hall–Kier alpha value is -1.45. The summed E-state index contributed by atoms with van der Waals surface area (Å²) in [6, 6.07) is 19.2. The molecular formula is C20H28N3OP. The molecule has 3 rings (SSSR count). The molecule has 5 heteroatoms. The second-order valence-electron chi connectivity index (χ2n) is 7.03. The van der Waals surface area contributed by atoms with Gasteiger partial charge in [-0.05, 0) is 57.7 Å². The quantitative estimate of drug-likeness (QED) is 0.754. The van der Waals surface area contributed by atoms with E-state index in [9.17, 15) is 4.57 Å². The van der Waals surface area contributed by atoms with Crippen LogP contribution >= 0.6 is 7.59 Å². The van der Waals surface area contributed by atoms with E-state index in [0.29, 0.717) is 0 Å². The van der Waals surface area contributed by atoms with Crippen LogP contribution in [0.25, 0.3) is 0 Å². The highest BCUT2D eigenvalue weighted by atomic mass is 31.2. The van der Waals surface area contributed by atoms with Gasteiger partial charge in [-0.3, -0.25) is 4.57 Å². The average molecular weight is 357 g/mol. The lowest BCUT2D eigenvalue weighted by molar-refractivity contribution is 0.256. The van der Waals surface area contributed by atoms with E-state index in [2.05, 4.69) is 53.2 Å². The molecule has 1 aliphatic heterocycles. The van der Waals surface area contributed by atoms with Crippen molar-refractivity contribution in [3.8, 4) is 0 Å². The second kappa shape index (κ2) is 7.43. The van der Waals surface area contributed by atoms with Crippen molar-refractivity contribution in [3.63, 3.8) is 0 Å². The van der Waals surface area contributed by atoms with Gasteiger partial charge in [0.15, 0.2) is 0 Å². The zero-order valence-electron chi connectivity index (χ0n) is 15.6. The van der Waals surface area contributed by atoms with Crippen LogP contribution in [-0.2, 0) is 17.4 Å². The molecule has 4 nitrogen and oxygen atoms in total. The van der Waals surface area contributed by atoms with Crippen molar-refractivity contribution in [2.75, 3.05) is 34.7 Å². The van der Waals surface area contributed by atoms with E-state index in [-0.39, 0.29) is 6.04 Å². The van der Waals surface area contributed by atoms with Gasteiger partial charge in [0.05, 0.1) is 0 Å². The zero-order chi connectivity index (χ0) is 18.0. The van der Waals surface area contributed by atoms with Gasteiger partial charge in [-0.25, -0.2) is 14.0 Å². The Balaban J connectivity index is 2.06. The number of rotatable bonds is 5. The lowest BCUT2D eigenvalue weighted by Gasteiger charge is -2.46. The van der Waals surface area contributed by atoms with Gasteiger partial charge in [-0.15, -0.1) is 0 Å². The van der Waals surface area contributed by atoms with Crippen molar-refractivity contribution in [1.29, 1.82) is 0 Å². The van der Waals surface area contributed by atoms with Crippen LogP contribution in [0.4, 0.5) is 0 Å². The van der Waals surface area contributed by atoms with Gasteiger partial charge in [-0.1, -0.05) is 54.6 Å². The van der Waals surface area contributed by atoms with Crippen molar-refractivity contribution in [2.24, 2.45) is 0 Å². The van der Waals surface area contributed by atoms with Crippen LogP contribution in [0.3, 0.4) is 0 Å². The summed E-state index contributed by atoms with van der Waals surface area (Å²) >= 11 is 0. The topological polar surface area (TPSA) is 26.8 Å². The molecule has 25 heavy (non-hydrogen) atoms. The van der Waals surface area contributed by atoms with Crippen LogP contribution in [0.15, 0.2) is 54.6 Å². The van der Waals surface area contributed by atoms with E-state index < -0.39 is 7.59 Å². The van der Waals surface area contributed by atoms with Crippen molar-refractivity contribution in [1.82, 2.24) is 14.0 Å². The summed E-state index contributed by atoms with van der Waals surface area (Å²) in [6.45, 7) is 0.808. The van der Waals surface area contributed by atoms with Gasteiger partial charge >= 0.3 is 0 Å². The number of hydrogen-bond donors (Lipinski definition) is 0. The molecule has 0 amide bonds. The molecule has 0 saturated carbocycles. The Bertz CT molecular complexity index is 749. The predicted molar refractivity (Wildman–Crippen MR) is 105 cm³/mol. The molecule has 0 bridgehead atoms. The van der Waals surface area contributed by atoms with E-state index in [4.69, 9.17) is 0 Å². The lowest BCUT2D eigenvalue weighted by atomic mass is 9.90. The Morgan fingerprint density at radius 3 is 2.20 bits per heavy atom. The predicted octanol–water partition coefficient (Wildman–Crippen LogP) is 4.06. The zero-order valence-corrected chi connectivity index (χ0v) is 16.5. The Kier molecular flexibility index (Phi) is 5.45. The first-order chi connectivity index (χ1) is 11.9. The molecule has 1 heterocycles. The van der Waals surface area contributed by atoms with E-state index >= 15 is 0 Å². The molecule has 0 fully saturated rings. The third-order valence-electron chi connectivity index (χ3n) is 5.03. The van der Waals surface area contributed by atoms with Crippen LogP contribution in [-0.4, -0.2) is 48.7 Å². The summed E-state index contributed by atoms with van der Waals surface area (Å²) in [7, 11) is 4.88. The summed E-state index contributed by atoms with van der Waals surface area (Å²) < 4.78 is 20.0. The van der Waals surface area contributed by atoms with E-state index in [1.165, 1.54) is 16.7 Å². The van der Waals surface area contributed by atoms with Crippen molar-refractivity contribution in [3.05, 3.63) is 71.3 Å². The van der Waals surface area contributed by atoms with Crippen LogP contribution in [0, 0.1) is 0 Å². The summed E-state index contributed by atoms with van der Waals surface area (Å²) in [4.78, 5) is 0. The van der Waals surface area contributed by atoms with Gasteiger partial charge in [0.1, 0.15) is 0 Å². The minimum absolute atomic E-state index is 0.114. The van der Waals surface area contributed by atoms with Crippen molar-refractivity contribution in [2.45, 2.75) is 18.9 Å². The maximum absolute atomic E-state index is 14.0. The number of hydrogen-bond acceptors (Lipinski definition) is 1. The Morgan fingerprint density at radius 2 is 1.56 bits per heavy atom. The average Bonchev–Trinajstić information content (AvgIpc) is 2.62. The molecule has 1 unspecified atom stereocenters. The molecule has 0 radical (unpaired) electrons. The Morgan fingerprint density at radius 1 is 0.960 bits per heavy atom. The van der Waals surface area contributed by atoms with Crippen molar-refractivity contribution >= 4 is 7.59 Å². The summed E-state index contributed by atoms with van der Waals surface area (Å²) in [5, 5.41) is 0. The number of benzene rings is 2. The fourth-order valence-electron chi connectivity index (χ4n) is 3.82. The first kappa shape index (κ1) is 18.3. The standard InChI is InChI=1S/C20H28N3OP/c1-21(2)25(24,22(3)4)23-15-14-18-12-8-9-13-19(18)20(23)16-17-10-6-5-7-11-17/h5-13,20H,14-16H2,1-4H3. The fraction of sp³-hybridized carbons (Fsp3) is 0.400. The highest BCUT2D eigenvalue weighted by molar-refractivity contribution is 7.56. The molecular weight excluding hydrogens is 329 g/mol. The number of fused-ring (bicyclic) bond motifs is 1. The molecule has 2 aromatic carbocycles. The van der Waals surface area contributed by atoms with Crippen molar-refractivity contribution < 1.29 is 4.57 Å². The van der Waals surface area contributed by atoms with Crippen LogP contribution < -0.4 is 0 Å². The van der Waals surface area contributed by atoms with E-state index in [0.717, 1.165) is 19.4 Å². The third kappa shape index (κ3) is 3.45. The summed E-state index contributed by atoms with van der Waals surface area (Å²) in [5.41, 5.74) is 3.96. The monoisotopic (exact) mass is 357 g/mol. The third-order valence-corrected chi connectivity index (χ3v) is 8.27. The molecule has 0 spiro atoms. The SMILES string of the molecule is CN(C)P(=O)(N(C)C)N1CCc2ccccc2C1Cc1ccccc1. The first-order valence-electron chi connectivity index (χ1n) is 8.79. The van der Waals surface area contributed by atoms with Crippen LogP contribution in [0.2, 0.25) is 0 Å². The van der Waals surface area contributed by atoms with Gasteiger partial charge in [-0.2, -0.15) is 0 Å². The van der Waals surface area contributed by atoms with Crippen LogP contribution in [0.1, 0.15) is 22.7 Å². The first-order valence-corrected chi connectivity index (χ1v) is 10.4. The van der Waals surface area contributed by atoms with Gasteiger partial charge in [0.2, 0.25) is 0 Å². The molecule has 2 aromatic rings. The number of nitrogens with zero attached hydrogens (tertiary/aromatic N) is 3. The maximum atomic E-state index is 14.0. The van der Waals surface area contributed by atoms with E-state index in [1.807, 2.05) is 43.6 Å². The van der Waals surface area contributed by atoms with E-state index in [1.54, 1.807) is 0 Å². The normalized spacial score (nSPS) is 18.6. The van der Waals surface area contributed by atoms with Crippen LogP contribution in [0.5, 0.6) is 0 Å². The highest BCUT2D eigenvalue weighted by Gasteiger charge is 2.42. The van der Waals surface area contributed by atoms with Gasteiger partial charge in [0.25, 0.3) is 7.59 Å². The largest absolute Gasteiger partial charge is 0.286 e. The fourth-order valence-corrected chi connectivity index (χ4v) is 6.38. The maximum Gasteiger partial charge on any atom is 0.286 e. The lowest BCUT2D eigenvalue weighted by Crippen LogP contribution is -2.41. The Labute approximate surface area is 151 Å². The molecule has 0 N–H and O–H groups in total. The molecule has 134 valence electrons. The molecule has 0 aromatic heterocycles. The second-order valence-corrected chi connectivity index (χ2v) is 10.2. The molecule has 1 atom stereocenters. The minimum Gasteiger partial charge on any atom is -0.270 e. The summed E-state index contributed by atoms with van der Waals surface area (Å²) in [5.74, 6) is 0. The molecule has 1 aliphatic rings. The highest BCUT2D eigenvalue weighted by Crippen LogP contribution is 2.58. The molecule has 0 saturated heterocycles. The smallest absolute Gasteiger partial charge is 0.270 e. The van der Waals surface area contributed by atoms with Gasteiger partial charge in [0, 0.05) is 12.6 Å². The minimum atomic E-state index is -2.79. The van der Waals surface area contributed by atoms with Gasteiger partial charge < -0.3 is 0 Å².